The van der Waals surface area contributed by atoms with Crippen LogP contribution in [-0.2, 0) is 19.6 Å². The molecule has 16 nitrogen and oxygen atoms in total. The van der Waals surface area contributed by atoms with Crippen molar-refractivity contribution in [2.75, 3.05) is 74.1 Å². The van der Waals surface area contributed by atoms with Gasteiger partial charge in [-0.1, -0.05) is 6.07 Å². The summed E-state index contributed by atoms with van der Waals surface area (Å²) >= 11 is 0. The van der Waals surface area contributed by atoms with E-state index in [0.717, 1.165) is 30.5 Å². The molecule has 0 bridgehead atoms. The van der Waals surface area contributed by atoms with Crippen LogP contribution >= 0.6 is 0 Å². The highest BCUT2D eigenvalue weighted by Crippen LogP contribution is 2.40. The largest absolute Gasteiger partial charge is 0.486 e. The van der Waals surface area contributed by atoms with Crippen LogP contribution < -0.4 is 25.2 Å². The Morgan fingerprint density at radius 3 is 2.33 bits per heavy atom. The summed E-state index contributed by atoms with van der Waals surface area (Å²) in [4.78, 5) is 67.2. The molecular formula is C44H47F2N9O7S. The smallest absolute Gasteiger partial charge is 0.264 e. The fourth-order valence-corrected chi connectivity index (χ4v) is 10.6. The van der Waals surface area contributed by atoms with Crippen LogP contribution in [0.15, 0.2) is 65.7 Å². The third kappa shape index (κ3) is 8.08. The zero-order valence-electron chi connectivity index (χ0n) is 34.9. The Hall–Kier alpha value is -6.05. The molecule has 0 saturated carbocycles. The first-order chi connectivity index (χ1) is 30.3. The predicted octanol–water partition coefficient (Wildman–Crippen LogP) is 4.40. The van der Waals surface area contributed by atoms with Gasteiger partial charge < -0.3 is 24.8 Å². The quantitative estimate of drug-likeness (QED) is 0.215. The van der Waals surface area contributed by atoms with Crippen molar-refractivity contribution < 1.29 is 41.1 Å². The number of carbonyl (C=O) groups excluding carboxylic acids is 4. The summed E-state index contributed by atoms with van der Waals surface area (Å²) in [5, 5.41) is 5.24. The third-order valence-corrected chi connectivity index (χ3v) is 14.5. The molecule has 1 unspecified atom stereocenters. The van der Waals surface area contributed by atoms with Crippen LogP contribution in [0.3, 0.4) is 0 Å². The number of piperidine rings is 2. The second-order valence-corrected chi connectivity index (χ2v) is 18.7. The number of aromatic nitrogens is 2. The van der Waals surface area contributed by atoms with Crippen molar-refractivity contribution >= 4 is 56.7 Å². The topological polar surface area (TPSA) is 178 Å². The monoisotopic (exact) mass is 883 g/mol. The maximum atomic E-state index is 15.2. The van der Waals surface area contributed by atoms with E-state index in [0.29, 0.717) is 81.0 Å². The summed E-state index contributed by atoms with van der Waals surface area (Å²) in [5.41, 5.74) is 2.34. The Labute approximate surface area is 363 Å². The van der Waals surface area contributed by atoms with E-state index in [9.17, 15) is 27.6 Å². The van der Waals surface area contributed by atoms with Crippen LogP contribution in [0.1, 0.15) is 60.2 Å². The lowest BCUT2D eigenvalue weighted by Crippen LogP contribution is -2.54. The average Bonchev–Trinajstić information content (AvgIpc) is 3.53. The van der Waals surface area contributed by atoms with Gasteiger partial charge in [0.15, 0.2) is 17.4 Å². The van der Waals surface area contributed by atoms with Gasteiger partial charge >= 0.3 is 0 Å². The zero-order chi connectivity index (χ0) is 44.2. The molecule has 9 rings (SSSR count). The highest BCUT2D eigenvalue weighted by Gasteiger charge is 2.46. The SMILES string of the molecule is CC(C)N1CCOc2c(F)cc(-c3nc(Nc4ccc(S(=O)(=O)N5CCN(CC6CCN(c7cccc8c7C(=O)N(C7CCC(=O)NC7=O)C8=O)CC6)CC5)cc4)ncc3F)cc21. The molecule has 4 aromatic rings. The molecule has 3 fully saturated rings. The Morgan fingerprint density at radius 1 is 0.873 bits per heavy atom. The number of anilines is 4. The van der Waals surface area contributed by atoms with Crippen LogP contribution in [0.4, 0.5) is 31.8 Å². The van der Waals surface area contributed by atoms with Gasteiger partial charge in [-0.2, -0.15) is 4.31 Å². The molecule has 0 aliphatic carbocycles. The van der Waals surface area contributed by atoms with Crippen molar-refractivity contribution in [3.8, 4) is 17.0 Å². The van der Waals surface area contributed by atoms with Crippen molar-refractivity contribution in [3.63, 3.8) is 0 Å². The summed E-state index contributed by atoms with van der Waals surface area (Å²) in [5.74, 6) is -2.94. The van der Waals surface area contributed by atoms with Crippen LogP contribution in [0.5, 0.6) is 5.75 Å². The van der Waals surface area contributed by atoms with Crippen molar-refractivity contribution in [2.45, 2.75) is 56.5 Å². The molecule has 19 heteroatoms. The van der Waals surface area contributed by atoms with Crippen LogP contribution in [0.25, 0.3) is 11.3 Å². The Balaban J connectivity index is 0.782. The molecule has 3 saturated heterocycles. The minimum absolute atomic E-state index is 0.0485. The standard InChI is InChI=1S/C44H47F2N9O7S/c1-26(2)54-20-21-62-40-32(45)22-28(23-36(40)54)39-33(46)24-47-44(50-39)48-29-6-8-30(9-7-29)63(60,61)53-18-16-51(17-19-53)25-27-12-14-52(15-13-27)34-5-3-4-31-38(34)43(59)55(42(31)58)35-10-11-37(56)49-41(35)57/h3-9,22-24,26-27,35H,10-21,25H2,1-2H3,(H,47,48,50)(H,49,56,57). The van der Waals surface area contributed by atoms with Gasteiger partial charge in [-0.3, -0.25) is 29.4 Å². The highest BCUT2D eigenvalue weighted by atomic mass is 32.2. The highest BCUT2D eigenvalue weighted by molar-refractivity contribution is 7.89. The molecule has 5 aliphatic heterocycles. The number of sulfonamides is 1. The second-order valence-electron chi connectivity index (χ2n) is 16.8. The second kappa shape index (κ2) is 16.9. The number of hydrogen-bond acceptors (Lipinski definition) is 13. The lowest BCUT2D eigenvalue weighted by atomic mass is 9.94. The normalized spacial score (nSPS) is 20.2. The number of amides is 4. The number of rotatable bonds is 10. The minimum atomic E-state index is -3.80. The first-order valence-corrected chi connectivity index (χ1v) is 22.7. The Bertz CT molecular complexity index is 2600. The minimum Gasteiger partial charge on any atom is -0.486 e. The first kappa shape index (κ1) is 42.3. The van der Waals surface area contributed by atoms with Crippen molar-refractivity contribution in [2.24, 2.45) is 5.92 Å². The number of benzene rings is 3. The fraction of sp³-hybridized carbons (Fsp3) is 0.409. The van der Waals surface area contributed by atoms with Crippen molar-refractivity contribution in [3.05, 3.63) is 83.6 Å². The summed E-state index contributed by atoms with van der Waals surface area (Å²) in [6, 6.07) is 13.2. The van der Waals surface area contributed by atoms with Gasteiger partial charge in [0.05, 0.1) is 40.1 Å². The van der Waals surface area contributed by atoms with Gasteiger partial charge in [0.2, 0.25) is 27.8 Å². The number of piperazine rings is 1. The molecule has 6 heterocycles. The van der Waals surface area contributed by atoms with Gasteiger partial charge in [-0.25, -0.2) is 27.2 Å². The fourth-order valence-electron chi connectivity index (χ4n) is 9.23. The number of ether oxygens (including phenoxy) is 1. The average molecular weight is 884 g/mol. The van der Waals surface area contributed by atoms with E-state index >= 15 is 8.78 Å². The first-order valence-electron chi connectivity index (χ1n) is 21.2. The van der Waals surface area contributed by atoms with Gasteiger partial charge in [-0.05, 0) is 87.6 Å². The molecule has 1 aromatic heterocycles. The van der Waals surface area contributed by atoms with Crippen LogP contribution in [-0.4, -0.2) is 127 Å². The number of halogens is 2. The third-order valence-electron chi connectivity index (χ3n) is 12.6. The van der Waals surface area contributed by atoms with E-state index in [1.807, 2.05) is 24.8 Å². The van der Waals surface area contributed by atoms with E-state index in [4.69, 9.17) is 4.74 Å². The number of carbonyl (C=O) groups is 4. The van der Waals surface area contributed by atoms with Gasteiger partial charge in [-0.15, -0.1) is 0 Å². The summed E-state index contributed by atoms with van der Waals surface area (Å²) in [7, 11) is -3.80. The number of hydrogen-bond donors (Lipinski definition) is 2. The van der Waals surface area contributed by atoms with E-state index < -0.39 is 51.3 Å². The number of imide groups is 2. The number of nitrogens with zero attached hydrogens (tertiary/aromatic N) is 7. The summed E-state index contributed by atoms with van der Waals surface area (Å²) in [6.45, 7) is 8.78. The molecule has 4 amide bonds. The van der Waals surface area contributed by atoms with Crippen molar-refractivity contribution in [1.29, 1.82) is 0 Å². The lowest BCUT2D eigenvalue weighted by Gasteiger charge is -2.39. The van der Waals surface area contributed by atoms with Gasteiger partial charge in [0.1, 0.15) is 18.3 Å². The molecule has 2 N–H and O–H groups in total. The van der Waals surface area contributed by atoms with E-state index in [1.165, 1.54) is 22.5 Å². The molecule has 63 heavy (non-hydrogen) atoms. The summed E-state index contributed by atoms with van der Waals surface area (Å²) in [6.07, 6.45) is 2.83. The lowest BCUT2D eigenvalue weighted by molar-refractivity contribution is -0.136. The number of nitrogens with one attached hydrogen (secondary N) is 2. The van der Waals surface area contributed by atoms with Gasteiger partial charge in [0, 0.05) is 69.5 Å². The Kier molecular flexibility index (Phi) is 11.3. The molecular weight excluding hydrogens is 837 g/mol. The van der Waals surface area contributed by atoms with E-state index in [2.05, 4.69) is 30.4 Å². The Morgan fingerprint density at radius 2 is 1.62 bits per heavy atom. The van der Waals surface area contributed by atoms with Crippen molar-refractivity contribution in [1.82, 2.24) is 29.4 Å². The van der Waals surface area contributed by atoms with E-state index in [1.54, 1.807) is 30.3 Å². The summed E-state index contributed by atoms with van der Waals surface area (Å²) < 4.78 is 64.7. The zero-order valence-corrected chi connectivity index (χ0v) is 35.7. The molecule has 5 aliphatic rings. The maximum Gasteiger partial charge on any atom is 0.264 e. The molecule has 3 aromatic carbocycles. The van der Waals surface area contributed by atoms with Gasteiger partial charge in [0.25, 0.3) is 11.8 Å². The maximum absolute atomic E-state index is 15.2. The molecule has 0 radical (unpaired) electrons. The molecule has 330 valence electrons. The van der Waals surface area contributed by atoms with Crippen LogP contribution in [0, 0.1) is 17.6 Å². The predicted molar refractivity (Wildman–Crippen MR) is 228 cm³/mol. The van der Waals surface area contributed by atoms with Crippen LogP contribution in [0.2, 0.25) is 0 Å². The molecule has 0 spiro atoms. The number of fused-ring (bicyclic) bond motifs is 2. The molecule has 1 atom stereocenters. The van der Waals surface area contributed by atoms with E-state index in [-0.39, 0.29) is 52.3 Å².